The summed E-state index contributed by atoms with van der Waals surface area (Å²) < 4.78 is 42.2. The minimum absolute atomic E-state index is 0.307. The molecule has 0 N–H and O–H groups in total. The minimum atomic E-state index is -3.81. The van der Waals surface area contributed by atoms with Gasteiger partial charge in [0.05, 0.1) is 0 Å². The highest BCUT2D eigenvalue weighted by Gasteiger charge is 2.16. The summed E-state index contributed by atoms with van der Waals surface area (Å²) in [7, 11) is -3.81. The average molecular weight is 294 g/mol. The van der Waals surface area contributed by atoms with Crippen molar-refractivity contribution >= 4 is 10.1 Å². The van der Waals surface area contributed by atoms with E-state index in [9.17, 15) is 12.8 Å². The first kappa shape index (κ1) is 14.5. The van der Waals surface area contributed by atoms with Crippen molar-refractivity contribution in [3.05, 3.63) is 65.0 Å². The molecule has 0 saturated carbocycles. The summed E-state index contributed by atoms with van der Waals surface area (Å²) >= 11 is 0. The van der Waals surface area contributed by atoms with Gasteiger partial charge in [-0.25, -0.2) is 4.39 Å². The molecule has 2 rings (SSSR count). The normalized spacial score (nSPS) is 11.3. The first-order valence-corrected chi connectivity index (χ1v) is 7.67. The van der Waals surface area contributed by atoms with Crippen molar-refractivity contribution in [2.45, 2.75) is 19.6 Å². The predicted molar refractivity (Wildman–Crippen MR) is 75.6 cm³/mol. The van der Waals surface area contributed by atoms with E-state index >= 15 is 0 Å². The summed E-state index contributed by atoms with van der Waals surface area (Å²) in [5.74, 6) is -0.524. The number of halogens is 1. The van der Waals surface area contributed by atoms with Gasteiger partial charge in [-0.2, -0.15) is 8.42 Å². The molecular weight excluding hydrogens is 279 g/mol. The zero-order valence-electron chi connectivity index (χ0n) is 11.3. The SMILES string of the molecule is Cc1ccc(C)c(OS(=O)(=O)Cc2cccc(F)c2)c1. The Labute approximate surface area is 118 Å². The van der Waals surface area contributed by atoms with Crippen LogP contribution >= 0.6 is 0 Å². The molecule has 0 aliphatic rings. The van der Waals surface area contributed by atoms with Crippen LogP contribution in [0.2, 0.25) is 0 Å². The van der Waals surface area contributed by atoms with Gasteiger partial charge >= 0.3 is 10.1 Å². The van der Waals surface area contributed by atoms with E-state index in [2.05, 4.69) is 0 Å². The van der Waals surface area contributed by atoms with Crippen molar-refractivity contribution in [3.63, 3.8) is 0 Å². The maximum Gasteiger partial charge on any atom is 0.313 e. The van der Waals surface area contributed by atoms with Gasteiger partial charge in [0, 0.05) is 0 Å². The second-order valence-electron chi connectivity index (χ2n) is 4.68. The molecule has 0 atom stereocenters. The Morgan fingerprint density at radius 3 is 2.55 bits per heavy atom. The van der Waals surface area contributed by atoms with Gasteiger partial charge in [-0.05, 0) is 48.7 Å². The molecule has 0 amide bonds. The molecule has 0 radical (unpaired) electrons. The first-order valence-electron chi connectivity index (χ1n) is 6.09. The highest BCUT2D eigenvalue weighted by molar-refractivity contribution is 7.86. The Balaban J connectivity index is 2.21. The smallest absolute Gasteiger partial charge is 0.313 e. The molecule has 0 aliphatic heterocycles. The van der Waals surface area contributed by atoms with Crippen LogP contribution < -0.4 is 4.18 Å². The van der Waals surface area contributed by atoms with Crippen LogP contribution in [0, 0.1) is 19.7 Å². The highest BCUT2D eigenvalue weighted by Crippen LogP contribution is 2.22. The second kappa shape index (κ2) is 5.63. The monoisotopic (exact) mass is 294 g/mol. The van der Waals surface area contributed by atoms with Crippen LogP contribution in [0.25, 0.3) is 0 Å². The van der Waals surface area contributed by atoms with Crippen molar-refractivity contribution in [1.29, 1.82) is 0 Å². The van der Waals surface area contributed by atoms with Gasteiger partial charge in [0.25, 0.3) is 0 Å². The fourth-order valence-corrected chi connectivity index (χ4v) is 2.89. The molecule has 0 heterocycles. The van der Waals surface area contributed by atoms with Crippen LogP contribution in [0.3, 0.4) is 0 Å². The molecule has 2 aromatic rings. The van der Waals surface area contributed by atoms with Crippen molar-refractivity contribution in [3.8, 4) is 5.75 Å². The van der Waals surface area contributed by atoms with Gasteiger partial charge in [-0.3, -0.25) is 0 Å². The molecule has 0 aromatic heterocycles. The van der Waals surface area contributed by atoms with E-state index in [0.717, 1.165) is 11.1 Å². The van der Waals surface area contributed by atoms with Gasteiger partial charge in [-0.1, -0.05) is 24.3 Å². The molecule has 3 nitrogen and oxygen atoms in total. The Morgan fingerprint density at radius 1 is 1.10 bits per heavy atom. The number of benzene rings is 2. The van der Waals surface area contributed by atoms with Crippen molar-refractivity contribution < 1.29 is 17.0 Å². The lowest BCUT2D eigenvalue weighted by molar-refractivity contribution is 0.483. The van der Waals surface area contributed by atoms with Gasteiger partial charge < -0.3 is 4.18 Å². The predicted octanol–water partition coefficient (Wildman–Crippen LogP) is 3.35. The first-order chi connectivity index (χ1) is 9.35. The third kappa shape index (κ3) is 3.81. The van der Waals surface area contributed by atoms with Gasteiger partial charge in [0.1, 0.15) is 17.3 Å². The summed E-state index contributed by atoms with van der Waals surface area (Å²) in [6, 6.07) is 10.8. The van der Waals surface area contributed by atoms with Gasteiger partial charge in [0.2, 0.25) is 0 Å². The Kier molecular flexibility index (Phi) is 4.09. The van der Waals surface area contributed by atoms with Crippen LogP contribution in [0.4, 0.5) is 4.39 Å². The zero-order chi connectivity index (χ0) is 14.8. The topological polar surface area (TPSA) is 43.4 Å². The summed E-state index contributed by atoms with van der Waals surface area (Å²) in [4.78, 5) is 0. The van der Waals surface area contributed by atoms with Crippen molar-refractivity contribution in [2.24, 2.45) is 0 Å². The van der Waals surface area contributed by atoms with Crippen LogP contribution in [0.5, 0.6) is 5.75 Å². The summed E-state index contributed by atoms with van der Waals surface area (Å²) in [6.07, 6.45) is 0. The largest absolute Gasteiger partial charge is 0.382 e. The van der Waals surface area contributed by atoms with E-state index in [1.165, 1.54) is 18.2 Å². The van der Waals surface area contributed by atoms with E-state index in [1.54, 1.807) is 25.1 Å². The van der Waals surface area contributed by atoms with Crippen LogP contribution in [-0.4, -0.2) is 8.42 Å². The lowest BCUT2D eigenvalue weighted by atomic mass is 10.1. The van der Waals surface area contributed by atoms with Crippen molar-refractivity contribution in [1.82, 2.24) is 0 Å². The Morgan fingerprint density at radius 2 is 1.85 bits per heavy atom. The number of hydrogen-bond acceptors (Lipinski definition) is 3. The number of rotatable bonds is 4. The van der Waals surface area contributed by atoms with E-state index < -0.39 is 15.9 Å². The van der Waals surface area contributed by atoms with E-state index in [-0.39, 0.29) is 5.75 Å². The fraction of sp³-hybridized carbons (Fsp3) is 0.200. The molecule has 5 heteroatoms. The summed E-state index contributed by atoms with van der Waals surface area (Å²) in [5.41, 5.74) is 2.00. The maximum absolute atomic E-state index is 13.1. The summed E-state index contributed by atoms with van der Waals surface area (Å²) in [6.45, 7) is 3.62. The lowest BCUT2D eigenvalue weighted by Crippen LogP contribution is -2.13. The highest BCUT2D eigenvalue weighted by atomic mass is 32.2. The third-order valence-electron chi connectivity index (χ3n) is 2.79. The third-order valence-corrected chi connectivity index (χ3v) is 3.91. The van der Waals surface area contributed by atoms with E-state index in [0.29, 0.717) is 11.3 Å². The standard InChI is InChI=1S/C15H15FO3S/c1-11-6-7-12(2)15(8-11)19-20(17,18)10-13-4-3-5-14(16)9-13/h3-9H,10H2,1-2H3. The van der Waals surface area contributed by atoms with Crippen molar-refractivity contribution in [2.75, 3.05) is 0 Å². The van der Waals surface area contributed by atoms with Gasteiger partial charge in [0.15, 0.2) is 0 Å². The maximum atomic E-state index is 13.1. The minimum Gasteiger partial charge on any atom is -0.382 e. The molecule has 0 bridgehead atoms. The molecular formula is C15H15FO3S. The fourth-order valence-electron chi connectivity index (χ4n) is 1.79. The molecule has 106 valence electrons. The molecule has 0 aliphatic carbocycles. The summed E-state index contributed by atoms with van der Waals surface area (Å²) in [5, 5.41) is 0. The Bertz CT molecular complexity index is 724. The molecule has 0 spiro atoms. The van der Waals surface area contributed by atoms with Crippen LogP contribution in [-0.2, 0) is 15.9 Å². The van der Waals surface area contributed by atoms with E-state index in [1.807, 2.05) is 13.0 Å². The number of aryl methyl sites for hydroxylation is 2. The molecule has 0 fully saturated rings. The van der Waals surface area contributed by atoms with Gasteiger partial charge in [-0.15, -0.1) is 0 Å². The number of hydrogen-bond donors (Lipinski definition) is 0. The lowest BCUT2D eigenvalue weighted by Gasteiger charge is -2.10. The molecule has 20 heavy (non-hydrogen) atoms. The second-order valence-corrected chi connectivity index (χ2v) is 6.25. The Hall–Kier alpha value is -1.88. The molecule has 0 saturated heterocycles. The zero-order valence-corrected chi connectivity index (χ0v) is 12.1. The molecule has 2 aromatic carbocycles. The molecule has 0 unspecified atom stereocenters. The van der Waals surface area contributed by atoms with E-state index in [4.69, 9.17) is 4.18 Å². The van der Waals surface area contributed by atoms with Crippen LogP contribution in [0.15, 0.2) is 42.5 Å². The van der Waals surface area contributed by atoms with Crippen LogP contribution in [0.1, 0.15) is 16.7 Å². The quantitative estimate of drug-likeness (QED) is 0.812. The average Bonchev–Trinajstić information content (AvgIpc) is 2.33.